The average molecular weight is 311 g/mol. The molecule has 1 amide bonds. The van der Waals surface area contributed by atoms with Gasteiger partial charge in [-0.25, -0.2) is 0 Å². The van der Waals surface area contributed by atoms with Crippen molar-refractivity contribution < 1.29 is 9.90 Å². The Bertz CT molecular complexity index is 679. The highest BCUT2D eigenvalue weighted by atomic mass is 35.5. The summed E-state index contributed by atoms with van der Waals surface area (Å²) in [6.45, 7) is 0.613. The van der Waals surface area contributed by atoms with Gasteiger partial charge in [0.25, 0.3) is 5.91 Å². The van der Waals surface area contributed by atoms with Crippen LogP contribution < -0.4 is 11.1 Å². The molecular weight excluding hydrogens is 296 g/mol. The van der Waals surface area contributed by atoms with Gasteiger partial charge in [-0.15, -0.1) is 11.3 Å². The maximum absolute atomic E-state index is 12.2. The summed E-state index contributed by atoms with van der Waals surface area (Å²) in [4.78, 5) is 12.7. The summed E-state index contributed by atoms with van der Waals surface area (Å²) in [7, 11) is 0. The smallest absolute Gasteiger partial charge is 0.263 e. The molecule has 1 heterocycles. The standard InChI is InChI=1S/C14H15ClN2O2S/c15-8-1-2-10-9(5-8)11(16)12(20-10)13(19)17-6-14(7-18)3-4-14/h1-2,5,18H,3-4,6-7,16H2,(H,17,19). The molecule has 0 spiro atoms. The third-order valence-corrected chi connectivity index (χ3v) is 5.23. The molecule has 1 aromatic carbocycles. The SMILES string of the molecule is Nc1c(C(=O)NCC2(CO)CC2)sc2ccc(Cl)cc12. The molecule has 0 bridgehead atoms. The molecule has 1 saturated carbocycles. The molecule has 2 aromatic rings. The molecule has 4 nitrogen and oxygen atoms in total. The minimum atomic E-state index is -0.181. The molecule has 1 aromatic heterocycles. The van der Waals surface area contributed by atoms with Crippen molar-refractivity contribution >= 4 is 44.6 Å². The molecule has 1 fully saturated rings. The van der Waals surface area contributed by atoms with Gasteiger partial charge in [-0.05, 0) is 31.0 Å². The first-order chi connectivity index (χ1) is 9.54. The number of hydrogen-bond donors (Lipinski definition) is 3. The Labute approximate surface area is 125 Å². The van der Waals surface area contributed by atoms with Crippen molar-refractivity contribution in [1.82, 2.24) is 5.32 Å². The summed E-state index contributed by atoms with van der Waals surface area (Å²) in [5, 5.41) is 13.5. The molecule has 4 N–H and O–H groups in total. The second-order valence-corrected chi connectivity index (χ2v) is 6.81. The summed E-state index contributed by atoms with van der Waals surface area (Å²) in [5.41, 5.74) is 6.40. The number of aliphatic hydroxyl groups excluding tert-OH is 1. The van der Waals surface area contributed by atoms with Gasteiger partial charge in [-0.2, -0.15) is 0 Å². The Hall–Kier alpha value is -1.30. The zero-order chi connectivity index (χ0) is 14.3. The van der Waals surface area contributed by atoms with E-state index in [1.54, 1.807) is 12.1 Å². The fraction of sp³-hybridized carbons (Fsp3) is 0.357. The maximum Gasteiger partial charge on any atom is 0.263 e. The van der Waals surface area contributed by atoms with E-state index in [4.69, 9.17) is 17.3 Å². The van der Waals surface area contributed by atoms with Crippen molar-refractivity contribution in [1.29, 1.82) is 0 Å². The molecule has 3 rings (SSSR count). The van der Waals surface area contributed by atoms with E-state index in [-0.39, 0.29) is 17.9 Å². The van der Waals surface area contributed by atoms with Crippen LogP contribution in [0.15, 0.2) is 18.2 Å². The molecule has 0 unspecified atom stereocenters. The van der Waals surface area contributed by atoms with Crippen molar-refractivity contribution in [2.45, 2.75) is 12.8 Å². The van der Waals surface area contributed by atoms with Crippen LogP contribution in [0.2, 0.25) is 5.02 Å². The zero-order valence-electron chi connectivity index (χ0n) is 10.8. The Balaban J connectivity index is 1.82. The molecule has 1 aliphatic carbocycles. The van der Waals surface area contributed by atoms with Gasteiger partial charge in [0.15, 0.2) is 0 Å². The summed E-state index contributed by atoms with van der Waals surface area (Å²) in [6, 6.07) is 5.42. The minimum absolute atomic E-state index is 0.107. The molecule has 1 aliphatic rings. The van der Waals surface area contributed by atoms with Crippen LogP contribution in [0.5, 0.6) is 0 Å². The van der Waals surface area contributed by atoms with E-state index < -0.39 is 0 Å². The van der Waals surface area contributed by atoms with Crippen LogP contribution in [0.25, 0.3) is 10.1 Å². The van der Waals surface area contributed by atoms with E-state index in [0.29, 0.717) is 22.1 Å². The Morgan fingerprint density at radius 1 is 1.50 bits per heavy atom. The predicted molar refractivity (Wildman–Crippen MR) is 82.3 cm³/mol. The number of halogens is 1. The number of nitrogens with two attached hydrogens (primary N) is 1. The van der Waals surface area contributed by atoms with E-state index >= 15 is 0 Å². The van der Waals surface area contributed by atoms with E-state index in [2.05, 4.69) is 5.32 Å². The van der Waals surface area contributed by atoms with Gasteiger partial charge in [-0.1, -0.05) is 11.6 Å². The number of rotatable bonds is 4. The second kappa shape index (κ2) is 4.91. The van der Waals surface area contributed by atoms with Gasteiger partial charge < -0.3 is 16.2 Å². The largest absolute Gasteiger partial charge is 0.397 e. The van der Waals surface area contributed by atoms with Gasteiger partial charge in [0.2, 0.25) is 0 Å². The Morgan fingerprint density at radius 2 is 2.25 bits per heavy atom. The first-order valence-corrected chi connectivity index (χ1v) is 7.61. The lowest BCUT2D eigenvalue weighted by Crippen LogP contribution is -2.31. The number of amides is 1. The number of carbonyl (C=O) groups is 1. The first-order valence-electron chi connectivity index (χ1n) is 6.41. The lowest BCUT2D eigenvalue weighted by Gasteiger charge is -2.12. The normalized spacial score (nSPS) is 16.3. The quantitative estimate of drug-likeness (QED) is 0.812. The summed E-state index contributed by atoms with van der Waals surface area (Å²) < 4.78 is 0.945. The van der Waals surface area contributed by atoms with Crippen molar-refractivity contribution in [2.75, 3.05) is 18.9 Å². The molecule has 20 heavy (non-hydrogen) atoms. The van der Waals surface area contributed by atoms with Crippen molar-refractivity contribution in [3.05, 3.63) is 28.1 Å². The van der Waals surface area contributed by atoms with Crippen molar-refractivity contribution in [2.24, 2.45) is 5.41 Å². The van der Waals surface area contributed by atoms with Crippen molar-refractivity contribution in [3.63, 3.8) is 0 Å². The number of anilines is 1. The molecule has 0 aliphatic heterocycles. The highest BCUT2D eigenvalue weighted by molar-refractivity contribution is 7.21. The predicted octanol–water partition coefficient (Wildman–Crippen LogP) is 2.64. The highest BCUT2D eigenvalue weighted by Crippen LogP contribution is 2.44. The third kappa shape index (κ3) is 2.37. The summed E-state index contributed by atoms with van der Waals surface area (Å²) >= 11 is 7.31. The lowest BCUT2D eigenvalue weighted by atomic mass is 10.1. The fourth-order valence-electron chi connectivity index (χ4n) is 2.17. The van der Waals surface area contributed by atoms with Gasteiger partial charge in [0, 0.05) is 27.1 Å². The molecule has 0 saturated heterocycles. The fourth-order valence-corrected chi connectivity index (χ4v) is 3.36. The first kappa shape index (κ1) is 13.7. The number of thiophene rings is 1. The summed E-state index contributed by atoms with van der Waals surface area (Å²) in [5.74, 6) is -0.181. The monoisotopic (exact) mass is 310 g/mol. The number of hydrogen-bond acceptors (Lipinski definition) is 4. The van der Waals surface area contributed by atoms with Gasteiger partial charge in [-0.3, -0.25) is 4.79 Å². The summed E-state index contributed by atoms with van der Waals surface area (Å²) in [6.07, 6.45) is 1.92. The number of nitrogens with one attached hydrogen (secondary N) is 1. The number of aliphatic hydroxyl groups is 1. The Morgan fingerprint density at radius 3 is 2.90 bits per heavy atom. The lowest BCUT2D eigenvalue weighted by molar-refractivity contribution is 0.0940. The van der Waals surface area contributed by atoms with Crippen molar-refractivity contribution in [3.8, 4) is 0 Å². The maximum atomic E-state index is 12.2. The van der Waals surface area contributed by atoms with Crippen LogP contribution in [-0.2, 0) is 0 Å². The second-order valence-electron chi connectivity index (χ2n) is 5.33. The minimum Gasteiger partial charge on any atom is -0.397 e. The van der Waals surface area contributed by atoms with E-state index in [9.17, 15) is 9.90 Å². The van der Waals surface area contributed by atoms with Gasteiger partial charge in [0.1, 0.15) is 4.88 Å². The van der Waals surface area contributed by atoms with Crippen LogP contribution in [0, 0.1) is 5.41 Å². The molecule has 106 valence electrons. The Kier molecular flexibility index (Phi) is 3.36. The van der Waals surface area contributed by atoms with E-state index in [0.717, 1.165) is 22.9 Å². The van der Waals surface area contributed by atoms with E-state index in [1.807, 2.05) is 6.07 Å². The van der Waals surface area contributed by atoms with Crippen LogP contribution in [0.1, 0.15) is 22.5 Å². The number of fused-ring (bicyclic) bond motifs is 1. The number of nitrogen functional groups attached to an aromatic ring is 1. The van der Waals surface area contributed by atoms with Crippen LogP contribution in [-0.4, -0.2) is 24.2 Å². The van der Waals surface area contributed by atoms with Gasteiger partial charge in [0.05, 0.1) is 12.3 Å². The van der Waals surface area contributed by atoms with E-state index in [1.165, 1.54) is 11.3 Å². The third-order valence-electron chi connectivity index (χ3n) is 3.81. The molecular formula is C14H15ClN2O2S. The molecule has 0 radical (unpaired) electrons. The average Bonchev–Trinajstić information content (AvgIpc) is 3.16. The number of benzene rings is 1. The van der Waals surface area contributed by atoms with Crippen LogP contribution in [0.4, 0.5) is 5.69 Å². The van der Waals surface area contributed by atoms with Gasteiger partial charge >= 0.3 is 0 Å². The molecule has 0 atom stereocenters. The van der Waals surface area contributed by atoms with Crippen LogP contribution in [0.3, 0.4) is 0 Å². The zero-order valence-corrected chi connectivity index (χ0v) is 12.4. The molecule has 6 heteroatoms. The van der Waals surface area contributed by atoms with Crippen LogP contribution >= 0.6 is 22.9 Å². The topological polar surface area (TPSA) is 75.4 Å². The number of carbonyl (C=O) groups excluding carboxylic acids is 1. The highest BCUT2D eigenvalue weighted by Gasteiger charge is 2.42.